The van der Waals surface area contributed by atoms with E-state index in [2.05, 4.69) is 67.1 Å². The molecule has 0 aliphatic heterocycles. The first-order valence-corrected chi connectivity index (χ1v) is 9.51. The molecule has 0 aliphatic carbocycles. The topological polar surface area (TPSA) is 41.1 Å². The second-order valence-corrected chi connectivity index (χ2v) is 7.58. The molecule has 1 amide bonds. The molecule has 0 fully saturated rings. The molecular weight excluding hydrogens is 316 g/mol. The highest BCUT2D eigenvalue weighted by atomic mass is 32.1. The minimum absolute atomic E-state index is 0.0530. The van der Waals surface area contributed by atoms with Gasteiger partial charge in [-0.25, -0.2) is 0 Å². The molecule has 24 heavy (non-hydrogen) atoms. The normalized spacial score (nSPS) is 13.7. The van der Waals surface area contributed by atoms with Gasteiger partial charge in [0.05, 0.1) is 6.04 Å². The van der Waals surface area contributed by atoms with Crippen LogP contribution in [0.25, 0.3) is 0 Å². The van der Waals surface area contributed by atoms with Crippen LogP contribution in [0.3, 0.4) is 0 Å². The van der Waals surface area contributed by atoms with Gasteiger partial charge in [-0.3, -0.25) is 10.1 Å². The van der Waals surface area contributed by atoms with Crippen molar-refractivity contribution in [3.63, 3.8) is 0 Å². The van der Waals surface area contributed by atoms with Gasteiger partial charge < -0.3 is 5.32 Å². The second kappa shape index (κ2) is 9.00. The van der Waals surface area contributed by atoms with Crippen molar-refractivity contribution in [2.75, 3.05) is 6.54 Å². The van der Waals surface area contributed by atoms with Crippen LogP contribution in [0.1, 0.15) is 55.7 Å². The molecule has 2 N–H and O–H groups in total. The molecule has 2 aromatic rings. The van der Waals surface area contributed by atoms with Crippen molar-refractivity contribution in [3.05, 3.63) is 57.8 Å². The molecule has 0 bridgehead atoms. The summed E-state index contributed by atoms with van der Waals surface area (Å²) in [5, 5.41) is 8.45. The first-order chi connectivity index (χ1) is 11.5. The largest absolute Gasteiger partial charge is 0.354 e. The fourth-order valence-corrected chi connectivity index (χ4v) is 3.34. The fraction of sp³-hybridized carbons (Fsp3) is 0.450. The Labute approximate surface area is 149 Å². The van der Waals surface area contributed by atoms with E-state index in [1.54, 1.807) is 11.3 Å². The molecule has 0 spiro atoms. The zero-order valence-electron chi connectivity index (χ0n) is 15.0. The Bertz CT molecular complexity index is 620. The van der Waals surface area contributed by atoms with Gasteiger partial charge in [0, 0.05) is 17.5 Å². The van der Waals surface area contributed by atoms with Crippen molar-refractivity contribution in [1.29, 1.82) is 0 Å². The maximum atomic E-state index is 12.2. The van der Waals surface area contributed by atoms with E-state index in [4.69, 9.17) is 0 Å². The van der Waals surface area contributed by atoms with Gasteiger partial charge in [0.25, 0.3) is 0 Å². The molecule has 0 radical (unpaired) electrons. The van der Waals surface area contributed by atoms with E-state index in [9.17, 15) is 4.79 Å². The summed E-state index contributed by atoms with van der Waals surface area (Å²) in [5.74, 6) is 0.590. The van der Waals surface area contributed by atoms with Gasteiger partial charge in [0.1, 0.15) is 0 Å². The number of hydrogen-bond acceptors (Lipinski definition) is 3. The molecule has 2 unspecified atom stereocenters. The van der Waals surface area contributed by atoms with Crippen molar-refractivity contribution in [2.45, 2.75) is 52.1 Å². The van der Waals surface area contributed by atoms with E-state index < -0.39 is 0 Å². The van der Waals surface area contributed by atoms with Crippen LogP contribution < -0.4 is 10.6 Å². The molecule has 1 heterocycles. The average molecular weight is 345 g/mol. The monoisotopic (exact) mass is 344 g/mol. The van der Waals surface area contributed by atoms with Crippen molar-refractivity contribution < 1.29 is 4.79 Å². The molecule has 4 heteroatoms. The van der Waals surface area contributed by atoms with E-state index in [0.29, 0.717) is 12.5 Å². The predicted molar refractivity (Wildman–Crippen MR) is 103 cm³/mol. The van der Waals surface area contributed by atoms with Crippen LogP contribution in [0, 0.1) is 0 Å². The maximum Gasteiger partial charge on any atom is 0.236 e. The first-order valence-electron chi connectivity index (χ1n) is 8.63. The van der Waals surface area contributed by atoms with Crippen LogP contribution in [0.4, 0.5) is 0 Å². The number of benzene rings is 1. The smallest absolute Gasteiger partial charge is 0.236 e. The van der Waals surface area contributed by atoms with E-state index >= 15 is 0 Å². The van der Waals surface area contributed by atoms with Crippen molar-refractivity contribution in [3.8, 4) is 0 Å². The Kier molecular flexibility index (Phi) is 7.00. The number of nitrogens with one attached hydrogen (secondary N) is 2. The zero-order chi connectivity index (χ0) is 17.5. The third kappa shape index (κ3) is 5.46. The highest BCUT2D eigenvalue weighted by Crippen LogP contribution is 2.18. The summed E-state index contributed by atoms with van der Waals surface area (Å²) in [7, 11) is 0. The molecular formula is C20H28N2OS. The highest BCUT2D eigenvalue weighted by Gasteiger charge is 2.16. The minimum Gasteiger partial charge on any atom is -0.354 e. The Morgan fingerprint density at radius 2 is 1.71 bits per heavy atom. The predicted octanol–water partition coefficient (Wildman–Crippen LogP) is 4.27. The molecule has 2 atom stereocenters. The lowest BCUT2D eigenvalue weighted by Crippen LogP contribution is -2.43. The third-order valence-corrected chi connectivity index (χ3v) is 5.18. The molecule has 1 aromatic carbocycles. The zero-order valence-corrected chi connectivity index (χ0v) is 15.8. The number of carbonyl (C=O) groups is 1. The number of carbonyl (C=O) groups excluding carboxylic acids is 1. The molecule has 0 aliphatic rings. The van der Waals surface area contributed by atoms with Crippen molar-refractivity contribution in [2.24, 2.45) is 0 Å². The summed E-state index contributed by atoms with van der Waals surface area (Å²) in [5.41, 5.74) is 2.54. The number of rotatable bonds is 8. The van der Waals surface area contributed by atoms with Crippen LogP contribution in [0.2, 0.25) is 0 Å². The van der Waals surface area contributed by atoms with Gasteiger partial charge in [0.15, 0.2) is 0 Å². The number of hydrogen-bond donors (Lipinski definition) is 2. The number of thiophene rings is 1. The van der Waals surface area contributed by atoms with Crippen LogP contribution in [0.5, 0.6) is 0 Å². The Balaban J connectivity index is 1.79. The average Bonchev–Trinajstić information content (AvgIpc) is 3.08. The van der Waals surface area contributed by atoms with Gasteiger partial charge in [-0.15, -0.1) is 11.3 Å². The molecule has 130 valence electrons. The third-order valence-electron chi connectivity index (χ3n) is 4.25. The lowest BCUT2D eigenvalue weighted by Gasteiger charge is -2.20. The van der Waals surface area contributed by atoms with E-state index in [1.807, 2.05) is 13.0 Å². The van der Waals surface area contributed by atoms with Crippen molar-refractivity contribution >= 4 is 17.2 Å². The first kappa shape index (κ1) is 18.7. The number of amides is 1. The van der Waals surface area contributed by atoms with Gasteiger partial charge in [0.2, 0.25) is 5.91 Å². The van der Waals surface area contributed by atoms with Gasteiger partial charge in [-0.2, -0.15) is 0 Å². The second-order valence-electron chi connectivity index (χ2n) is 6.55. The van der Waals surface area contributed by atoms with Gasteiger partial charge in [-0.1, -0.05) is 44.2 Å². The Morgan fingerprint density at radius 1 is 1.04 bits per heavy atom. The SMILES string of the molecule is CC(NC(C)c1ccc(C(C)C)cc1)C(=O)NCCc1cccs1. The minimum atomic E-state index is -0.215. The standard InChI is InChI=1S/C20H28N2OS/c1-14(2)17-7-9-18(10-8-17)15(3)22-16(4)20(23)21-12-11-19-6-5-13-24-19/h5-10,13-16,22H,11-12H2,1-4H3,(H,21,23). The Morgan fingerprint density at radius 3 is 2.29 bits per heavy atom. The van der Waals surface area contributed by atoms with Gasteiger partial charge >= 0.3 is 0 Å². The summed E-state index contributed by atoms with van der Waals surface area (Å²) in [6.07, 6.45) is 0.891. The lowest BCUT2D eigenvalue weighted by molar-refractivity contribution is -0.122. The van der Waals surface area contributed by atoms with Gasteiger partial charge in [-0.05, 0) is 48.8 Å². The van der Waals surface area contributed by atoms with Crippen LogP contribution in [-0.2, 0) is 11.2 Å². The summed E-state index contributed by atoms with van der Waals surface area (Å²) >= 11 is 1.73. The molecule has 2 rings (SSSR count). The molecule has 3 nitrogen and oxygen atoms in total. The Hall–Kier alpha value is -1.65. The summed E-state index contributed by atoms with van der Waals surface area (Å²) in [4.78, 5) is 13.5. The van der Waals surface area contributed by atoms with Crippen LogP contribution >= 0.6 is 11.3 Å². The van der Waals surface area contributed by atoms with Crippen LogP contribution in [-0.4, -0.2) is 18.5 Å². The van der Waals surface area contributed by atoms with E-state index in [1.165, 1.54) is 16.0 Å². The maximum absolute atomic E-state index is 12.2. The summed E-state index contributed by atoms with van der Waals surface area (Å²) in [6, 6.07) is 12.7. The van der Waals surface area contributed by atoms with E-state index in [-0.39, 0.29) is 18.0 Å². The summed E-state index contributed by atoms with van der Waals surface area (Å²) < 4.78 is 0. The molecule has 0 saturated carbocycles. The highest BCUT2D eigenvalue weighted by molar-refractivity contribution is 7.09. The fourth-order valence-electron chi connectivity index (χ4n) is 2.63. The molecule has 1 aromatic heterocycles. The van der Waals surface area contributed by atoms with Crippen molar-refractivity contribution in [1.82, 2.24) is 10.6 Å². The van der Waals surface area contributed by atoms with Crippen LogP contribution in [0.15, 0.2) is 41.8 Å². The summed E-state index contributed by atoms with van der Waals surface area (Å²) in [6.45, 7) is 9.08. The lowest BCUT2D eigenvalue weighted by atomic mass is 9.99. The molecule has 0 saturated heterocycles. The quantitative estimate of drug-likeness (QED) is 0.751. The van der Waals surface area contributed by atoms with E-state index in [0.717, 1.165) is 6.42 Å².